The number of fused-ring (bicyclic) bond motifs is 3. The van der Waals surface area contributed by atoms with Gasteiger partial charge in [-0.25, -0.2) is 0 Å². The summed E-state index contributed by atoms with van der Waals surface area (Å²) in [7, 11) is 0. The van der Waals surface area contributed by atoms with Crippen LogP contribution in [0.5, 0.6) is 0 Å². The van der Waals surface area contributed by atoms with Crippen molar-refractivity contribution in [3.8, 4) is 0 Å². The van der Waals surface area contributed by atoms with Crippen molar-refractivity contribution in [3.05, 3.63) is 23.7 Å². The molecule has 2 atom stereocenters. The maximum Gasteiger partial charge on any atom is 0.138 e. The first kappa shape index (κ1) is 11.1. The van der Waals surface area contributed by atoms with Crippen molar-refractivity contribution in [2.45, 2.75) is 51.9 Å². The largest absolute Gasteiger partial charge is 0.472 e. The monoisotopic (exact) mass is 232 g/mol. The van der Waals surface area contributed by atoms with Gasteiger partial charge in [0.1, 0.15) is 5.78 Å². The van der Waals surface area contributed by atoms with E-state index in [4.69, 9.17) is 4.42 Å². The first-order valence-corrected chi connectivity index (χ1v) is 6.55. The van der Waals surface area contributed by atoms with E-state index in [2.05, 4.69) is 20.8 Å². The molecule has 0 aliphatic heterocycles. The topological polar surface area (TPSA) is 30.2 Å². The van der Waals surface area contributed by atoms with Crippen LogP contribution in [0, 0.1) is 11.3 Å². The van der Waals surface area contributed by atoms with Crippen LogP contribution in [0.3, 0.4) is 0 Å². The predicted octanol–water partition coefficient (Wildman–Crippen LogP) is 3.49. The van der Waals surface area contributed by atoms with Gasteiger partial charge in [-0.3, -0.25) is 4.79 Å². The summed E-state index contributed by atoms with van der Waals surface area (Å²) >= 11 is 0. The zero-order chi connectivity index (χ0) is 12.3. The van der Waals surface area contributed by atoms with Crippen molar-refractivity contribution in [2.24, 2.45) is 11.3 Å². The summed E-state index contributed by atoms with van der Waals surface area (Å²) in [6.07, 6.45) is 7.66. The van der Waals surface area contributed by atoms with Gasteiger partial charge in [0.05, 0.1) is 12.5 Å². The van der Waals surface area contributed by atoms with Crippen molar-refractivity contribution in [1.29, 1.82) is 0 Å². The van der Waals surface area contributed by atoms with E-state index in [1.165, 1.54) is 11.1 Å². The van der Waals surface area contributed by atoms with Crippen LogP contribution in [0.1, 0.15) is 51.2 Å². The first-order valence-electron chi connectivity index (χ1n) is 6.55. The Morgan fingerprint density at radius 3 is 2.76 bits per heavy atom. The highest BCUT2D eigenvalue weighted by atomic mass is 16.3. The van der Waals surface area contributed by atoms with Crippen LogP contribution in [-0.4, -0.2) is 5.78 Å². The van der Waals surface area contributed by atoms with Crippen molar-refractivity contribution in [1.82, 2.24) is 0 Å². The molecule has 0 N–H and O–H groups in total. The maximum atomic E-state index is 12.1. The van der Waals surface area contributed by atoms with Crippen molar-refractivity contribution >= 4 is 5.78 Å². The number of ketones is 1. The second kappa shape index (κ2) is 3.24. The van der Waals surface area contributed by atoms with Crippen LogP contribution in [0.15, 0.2) is 16.9 Å². The minimum absolute atomic E-state index is 0.137. The van der Waals surface area contributed by atoms with Crippen molar-refractivity contribution in [2.75, 3.05) is 0 Å². The molecule has 17 heavy (non-hydrogen) atoms. The lowest BCUT2D eigenvalue weighted by molar-refractivity contribution is -0.137. The Labute approximate surface area is 102 Å². The molecule has 0 spiro atoms. The first-order chi connectivity index (χ1) is 7.96. The molecule has 3 rings (SSSR count). The number of carbonyl (C=O) groups is 1. The Hall–Kier alpha value is -1.05. The highest BCUT2D eigenvalue weighted by Gasteiger charge is 2.53. The van der Waals surface area contributed by atoms with E-state index < -0.39 is 0 Å². The van der Waals surface area contributed by atoms with E-state index in [1.54, 1.807) is 0 Å². The van der Waals surface area contributed by atoms with Crippen LogP contribution in [-0.2, 0) is 16.6 Å². The molecule has 1 aromatic rings. The molecule has 0 saturated heterocycles. The molecule has 2 aliphatic carbocycles. The highest BCUT2D eigenvalue weighted by Crippen LogP contribution is 2.55. The Bertz CT molecular complexity index is 469. The minimum atomic E-state index is -0.179. The summed E-state index contributed by atoms with van der Waals surface area (Å²) < 4.78 is 5.39. The van der Waals surface area contributed by atoms with Gasteiger partial charge in [-0.1, -0.05) is 20.8 Å². The lowest BCUT2D eigenvalue weighted by Crippen LogP contribution is -2.51. The van der Waals surface area contributed by atoms with Gasteiger partial charge in [-0.15, -0.1) is 0 Å². The summed E-state index contributed by atoms with van der Waals surface area (Å²) in [5.41, 5.74) is 2.67. The number of rotatable bonds is 0. The Morgan fingerprint density at radius 2 is 2.00 bits per heavy atom. The average molecular weight is 232 g/mol. The van der Waals surface area contributed by atoms with Crippen LogP contribution in [0.25, 0.3) is 0 Å². The van der Waals surface area contributed by atoms with Crippen molar-refractivity contribution in [3.63, 3.8) is 0 Å². The van der Waals surface area contributed by atoms with Gasteiger partial charge in [0.2, 0.25) is 0 Å². The molecule has 0 bridgehead atoms. The lowest BCUT2D eigenvalue weighted by atomic mass is 9.50. The fourth-order valence-electron chi connectivity index (χ4n) is 4.18. The van der Waals surface area contributed by atoms with E-state index in [0.717, 1.165) is 19.3 Å². The summed E-state index contributed by atoms with van der Waals surface area (Å²) in [5.74, 6) is 0.897. The summed E-state index contributed by atoms with van der Waals surface area (Å²) in [4.78, 5) is 12.1. The minimum Gasteiger partial charge on any atom is -0.472 e. The molecule has 0 aromatic carbocycles. The molecule has 1 heterocycles. The van der Waals surface area contributed by atoms with Gasteiger partial charge in [0.25, 0.3) is 0 Å². The molecular formula is C15H20O2. The van der Waals surface area contributed by atoms with Crippen LogP contribution in [0.2, 0.25) is 0 Å². The molecule has 1 saturated carbocycles. The number of hydrogen-bond acceptors (Lipinski definition) is 2. The molecule has 1 aromatic heterocycles. The fraction of sp³-hybridized carbons (Fsp3) is 0.667. The van der Waals surface area contributed by atoms with E-state index in [9.17, 15) is 4.79 Å². The number of hydrogen-bond donors (Lipinski definition) is 0. The predicted molar refractivity (Wildman–Crippen MR) is 65.9 cm³/mol. The molecule has 0 unspecified atom stereocenters. The third-order valence-corrected chi connectivity index (χ3v) is 5.29. The molecule has 2 aliphatic rings. The second-order valence-electron chi connectivity index (χ2n) is 6.46. The maximum absolute atomic E-state index is 12.1. The zero-order valence-corrected chi connectivity index (χ0v) is 10.9. The van der Waals surface area contributed by atoms with Gasteiger partial charge in [-0.05, 0) is 36.3 Å². The number of aryl methyl sites for hydroxylation is 1. The number of Topliss-reactive ketones (excluding diaryl/α,β-unsaturated/α-hetero) is 1. The number of carbonyl (C=O) groups excluding carboxylic acids is 1. The molecular weight excluding hydrogens is 212 g/mol. The summed E-state index contributed by atoms with van der Waals surface area (Å²) in [6, 6.07) is 0. The highest BCUT2D eigenvalue weighted by molar-refractivity contribution is 5.86. The normalized spacial score (nSPS) is 35.2. The Morgan fingerprint density at radius 1 is 1.24 bits per heavy atom. The van der Waals surface area contributed by atoms with Crippen LogP contribution in [0.4, 0.5) is 0 Å². The molecule has 2 heteroatoms. The third kappa shape index (κ3) is 1.30. The van der Waals surface area contributed by atoms with Gasteiger partial charge >= 0.3 is 0 Å². The van der Waals surface area contributed by atoms with E-state index in [1.807, 2.05) is 12.5 Å². The summed E-state index contributed by atoms with van der Waals surface area (Å²) in [6.45, 7) is 6.57. The third-order valence-electron chi connectivity index (χ3n) is 5.29. The Balaban J connectivity index is 2.12. The molecule has 0 radical (unpaired) electrons. The van der Waals surface area contributed by atoms with E-state index in [-0.39, 0.29) is 10.8 Å². The summed E-state index contributed by atoms with van der Waals surface area (Å²) in [5, 5.41) is 0. The zero-order valence-electron chi connectivity index (χ0n) is 10.9. The SMILES string of the molecule is CC1(C)C(=O)CC[C@@]2(C)c3cocc3CC[C@H]12. The number of furan rings is 1. The fourth-order valence-corrected chi connectivity index (χ4v) is 4.18. The van der Waals surface area contributed by atoms with Crippen LogP contribution < -0.4 is 0 Å². The van der Waals surface area contributed by atoms with Gasteiger partial charge in [-0.2, -0.15) is 0 Å². The average Bonchev–Trinajstić information content (AvgIpc) is 2.74. The molecule has 92 valence electrons. The van der Waals surface area contributed by atoms with Crippen molar-refractivity contribution < 1.29 is 9.21 Å². The molecule has 2 nitrogen and oxygen atoms in total. The smallest absolute Gasteiger partial charge is 0.138 e. The molecule has 0 amide bonds. The van der Waals surface area contributed by atoms with Crippen LogP contribution >= 0.6 is 0 Å². The second-order valence-corrected chi connectivity index (χ2v) is 6.46. The quantitative estimate of drug-likeness (QED) is 0.685. The Kier molecular flexibility index (Phi) is 2.11. The van der Waals surface area contributed by atoms with E-state index in [0.29, 0.717) is 18.1 Å². The van der Waals surface area contributed by atoms with E-state index >= 15 is 0 Å². The molecule has 1 fully saturated rings. The lowest BCUT2D eigenvalue weighted by Gasteiger charge is -2.52. The van der Waals surface area contributed by atoms with Gasteiger partial charge in [0, 0.05) is 17.3 Å². The standard InChI is InChI=1S/C15H20O2/c1-14(2)12-5-4-10-8-17-9-11(10)15(12,3)7-6-13(14)16/h8-9,12H,4-7H2,1-3H3/t12-,15+/m1/s1. The van der Waals surface area contributed by atoms with Gasteiger partial charge < -0.3 is 4.42 Å². The van der Waals surface area contributed by atoms with Gasteiger partial charge in [0.15, 0.2) is 0 Å².